The van der Waals surface area contributed by atoms with Crippen LogP contribution in [0.15, 0.2) is 52.4 Å². The Morgan fingerprint density at radius 1 is 1.06 bits per heavy atom. The van der Waals surface area contributed by atoms with E-state index in [1.54, 1.807) is 14.2 Å². The Labute approximate surface area is 196 Å². The summed E-state index contributed by atoms with van der Waals surface area (Å²) < 4.78 is 17.4. The Bertz CT molecular complexity index is 1020. The lowest BCUT2D eigenvalue weighted by molar-refractivity contribution is 0.291. The van der Waals surface area contributed by atoms with Crippen LogP contribution in [-0.4, -0.2) is 37.6 Å². The lowest BCUT2D eigenvalue weighted by Crippen LogP contribution is -2.48. The van der Waals surface area contributed by atoms with Gasteiger partial charge in [0.15, 0.2) is 0 Å². The van der Waals surface area contributed by atoms with E-state index in [2.05, 4.69) is 20.8 Å². The van der Waals surface area contributed by atoms with Crippen molar-refractivity contribution < 1.29 is 14.2 Å². The van der Waals surface area contributed by atoms with E-state index in [9.17, 15) is 0 Å². The van der Waals surface area contributed by atoms with Crippen molar-refractivity contribution >= 4 is 23.4 Å². The maximum atomic E-state index is 6.78. The molecule has 0 aliphatic carbocycles. The number of hydrogen-bond donors (Lipinski definition) is 0. The SMILES string of the molecule is CCC(c1ccc(Oc2cccc(C)c2)cc1Cl)[C@@]1(C)N=C(OC)[C@H](C(C)C)N=C1OC. The molecule has 1 heterocycles. The molecule has 32 heavy (non-hydrogen) atoms. The predicted octanol–water partition coefficient (Wildman–Crippen LogP) is 6.82. The molecule has 6 heteroatoms. The molecule has 1 aliphatic rings. The van der Waals surface area contributed by atoms with Crippen LogP contribution in [0.2, 0.25) is 5.02 Å². The summed E-state index contributed by atoms with van der Waals surface area (Å²) in [6.07, 6.45) is 0.795. The van der Waals surface area contributed by atoms with Crippen molar-refractivity contribution in [2.45, 2.75) is 58.5 Å². The third-order valence-corrected chi connectivity index (χ3v) is 6.31. The van der Waals surface area contributed by atoms with Crippen molar-refractivity contribution in [1.82, 2.24) is 0 Å². The van der Waals surface area contributed by atoms with E-state index in [0.717, 1.165) is 23.3 Å². The molecular weight excluding hydrogens is 424 g/mol. The zero-order valence-electron chi connectivity index (χ0n) is 20.0. The highest BCUT2D eigenvalue weighted by Crippen LogP contribution is 2.42. The normalized spacial score (nSPS) is 21.6. The van der Waals surface area contributed by atoms with Crippen LogP contribution in [-0.2, 0) is 9.47 Å². The Kier molecular flexibility index (Phi) is 7.50. The lowest BCUT2D eigenvalue weighted by atomic mass is 9.77. The first-order chi connectivity index (χ1) is 15.2. The first kappa shape index (κ1) is 24.1. The summed E-state index contributed by atoms with van der Waals surface area (Å²) in [7, 11) is 3.29. The molecule has 3 atom stereocenters. The number of nitrogens with zero attached hydrogens (tertiary/aromatic N) is 2. The van der Waals surface area contributed by atoms with Crippen molar-refractivity contribution in [2.75, 3.05) is 14.2 Å². The minimum absolute atomic E-state index is 0.0556. The number of rotatable bonds is 6. The van der Waals surface area contributed by atoms with Crippen LogP contribution in [0, 0.1) is 12.8 Å². The second-order valence-corrected chi connectivity index (χ2v) is 9.10. The molecule has 0 fully saturated rings. The Morgan fingerprint density at radius 2 is 1.78 bits per heavy atom. The van der Waals surface area contributed by atoms with Gasteiger partial charge in [0.1, 0.15) is 23.1 Å². The fourth-order valence-electron chi connectivity index (χ4n) is 4.33. The molecule has 0 radical (unpaired) electrons. The number of ether oxygens (including phenoxy) is 3. The van der Waals surface area contributed by atoms with Gasteiger partial charge in [0.05, 0.1) is 14.2 Å². The zero-order valence-corrected chi connectivity index (χ0v) is 20.7. The maximum absolute atomic E-state index is 6.78. The van der Waals surface area contributed by atoms with E-state index >= 15 is 0 Å². The largest absolute Gasteiger partial charge is 0.483 e. The van der Waals surface area contributed by atoms with Crippen molar-refractivity contribution in [3.63, 3.8) is 0 Å². The van der Waals surface area contributed by atoms with E-state index in [1.807, 2.05) is 56.3 Å². The second kappa shape index (κ2) is 9.95. The average molecular weight is 457 g/mol. The molecule has 0 spiro atoms. The van der Waals surface area contributed by atoms with Gasteiger partial charge in [-0.3, -0.25) is 0 Å². The van der Waals surface area contributed by atoms with E-state index < -0.39 is 5.54 Å². The molecule has 0 bridgehead atoms. The minimum Gasteiger partial charge on any atom is -0.483 e. The van der Waals surface area contributed by atoms with Gasteiger partial charge >= 0.3 is 0 Å². The van der Waals surface area contributed by atoms with Crippen LogP contribution in [0.5, 0.6) is 11.5 Å². The molecule has 3 rings (SSSR count). The van der Waals surface area contributed by atoms with Gasteiger partial charge in [0.25, 0.3) is 0 Å². The van der Waals surface area contributed by atoms with Crippen LogP contribution in [0.1, 0.15) is 51.2 Å². The summed E-state index contributed by atoms with van der Waals surface area (Å²) in [6, 6.07) is 13.6. The lowest BCUT2D eigenvalue weighted by Gasteiger charge is -2.39. The Hall–Kier alpha value is -2.53. The van der Waals surface area contributed by atoms with Gasteiger partial charge < -0.3 is 14.2 Å². The van der Waals surface area contributed by atoms with Crippen LogP contribution < -0.4 is 4.74 Å². The zero-order chi connectivity index (χ0) is 23.5. The highest BCUT2D eigenvalue weighted by molar-refractivity contribution is 6.31. The minimum atomic E-state index is -0.733. The Balaban J connectivity index is 1.98. The molecule has 1 unspecified atom stereocenters. The first-order valence-corrected chi connectivity index (χ1v) is 11.4. The fourth-order valence-corrected chi connectivity index (χ4v) is 4.63. The van der Waals surface area contributed by atoms with Crippen LogP contribution in [0.4, 0.5) is 0 Å². The molecule has 2 aromatic rings. The third kappa shape index (κ3) is 4.78. The van der Waals surface area contributed by atoms with Crippen molar-refractivity contribution in [3.8, 4) is 11.5 Å². The summed E-state index contributed by atoms with van der Waals surface area (Å²) >= 11 is 6.78. The van der Waals surface area contributed by atoms with Gasteiger partial charge in [-0.15, -0.1) is 0 Å². The van der Waals surface area contributed by atoms with Crippen molar-refractivity contribution in [3.05, 3.63) is 58.6 Å². The fraction of sp³-hybridized carbons (Fsp3) is 0.462. The molecule has 0 amide bonds. The predicted molar refractivity (Wildman–Crippen MR) is 132 cm³/mol. The number of benzene rings is 2. The molecule has 0 saturated carbocycles. The van der Waals surface area contributed by atoms with Gasteiger partial charge in [-0.05, 0) is 61.6 Å². The summed E-state index contributed by atoms with van der Waals surface area (Å²) in [6.45, 7) is 10.4. The number of methoxy groups -OCH3 is 2. The number of halogens is 1. The highest BCUT2D eigenvalue weighted by Gasteiger charge is 2.46. The molecular formula is C26H33ClN2O3. The smallest absolute Gasteiger partial charge is 0.213 e. The number of aryl methyl sites for hydroxylation is 1. The van der Waals surface area contributed by atoms with Gasteiger partial charge in [-0.2, -0.15) is 0 Å². The monoisotopic (exact) mass is 456 g/mol. The highest BCUT2D eigenvalue weighted by atomic mass is 35.5. The molecule has 0 aromatic heterocycles. The van der Waals surface area contributed by atoms with Crippen LogP contribution in [0.25, 0.3) is 0 Å². The van der Waals surface area contributed by atoms with E-state index in [1.165, 1.54) is 0 Å². The van der Waals surface area contributed by atoms with Gasteiger partial charge in [0, 0.05) is 10.9 Å². The second-order valence-electron chi connectivity index (χ2n) is 8.69. The average Bonchev–Trinajstić information content (AvgIpc) is 2.75. The molecule has 1 aliphatic heterocycles. The summed E-state index contributed by atoms with van der Waals surface area (Å²) in [5, 5.41) is 0.624. The summed E-state index contributed by atoms with van der Waals surface area (Å²) in [5.74, 6) is 2.87. The van der Waals surface area contributed by atoms with Crippen LogP contribution in [0.3, 0.4) is 0 Å². The van der Waals surface area contributed by atoms with E-state index in [4.69, 9.17) is 35.8 Å². The first-order valence-electron chi connectivity index (χ1n) is 11.0. The summed E-state index contributed by atoms with van der Waals surface area (Å²) in [4.78, 5) is 9.91. The van der Waals surface area contributed by atoms with Crippen molar-refractivity contribution in [2.24, 2.45) is 15.9 Å². The standard InChI is InChI=1S/C26H33ClN2O3/c1-8-21(26(5)25(31-7)28-23(16(2)3)24(29-26)30-6)20-13-12-19(15-22(20)27)32-18-11-9-10-17(4)14-18/h9-16,21,23H,8H2,1-7H3/t21?,23-,26+/m0/s1. The van der Waals surface area contributed by atoms with Gasteiger partial charge in [-0.25, -0.2) is 9.98 Å². The van der Waals surface area contributed by atoms with Gasteiger partial charge in [0.2, 0.25) is 11.8 Å². The van der Waals surface area contributed by atoms with E-state index in [0.29, 0.717) is 22.6 Å². The van der Waals surface area contributed by atoms with Crippen molar-refractivity contribution in [1.29, 1.82) is 0 Å². The Morgan fingerprint density at radius 3 is 2.34 bits per heavy atom. The molecule has 5 nitrogen and oxygen atoms in total. The van der Waals surface area contributed by atoms with Gasteiger partial charge in [-0.1, -0.05) is 50.6 Å². The number of hydrogen-bond acceptors (Lipinski definition) is 5. The quantitative estimate of drug-likeness (QED) is 0.479. The molecule has 2 aromatic carbocycles. The van der Waals surface area contributed by atoms with E-state index in [-0.39, 0.29) is 17.9 Å². The summed E-state index contributed by atoms with van der Waals surface area (Å²) in [5.41, 5.74) is 1.38. The van der Waals surface area contributed by atoms with Crippen LogP contribution >= 0.6 is 11.6 Å². The molecule has 0 saturated heterocycles. The number of aliphatic imine (C=N–C) groups is 2. The molecule has 172 valence electrons. The maximum Gasteiger partial charge on any atom is 0.213 e. The molecule has 0 N–H and O–H groups in total. The third-order valence-electron chi connectivity index (χ3n) is 5.98. The topological polar surface area (TPSA) is 52.4 Å².